The molecule has 0 amide bonds. The first-order valence-electron chi connectivity index (χ1n) is 7.04. The lowest BCUT2D eigenvalue weighted by Crippen LogP contribution is -2.35. The van der Waals surface area contributed by atoms with Gasteiger partial charge >= 0.3 is 0 Å². The predicted octanol–water partition coefficient (Wildman–Crippen LogP) is 3.79. The Bertz CT molecular complexity index is 320. The molecule has 1 aliphatic carbocycles. The van der Waals surface area contributed by atoms with Gasteiger partial charge in [-0.25, -0.2) is 0 Å². The summed E-state index contributed by atoms with van der Waals surface area (Å²) < 4.78 is 0. The van der Waals surface area contributed by atoms with Gasteiger partial charge in [-0.05, 0) is 50.5 Å². The van der Waals surface area contributed by atoms with Crippen molar-refractivity contribution in [2.24, 2.45) is 5.92 Å². The minimum Gasteiger partial charge on any atom is -0.311 e. The molecule has 0 heterocycles. The van der Waals surface area contributed by atoms with Gasteiger partial charge in [0.05, 0.1) is 0 Å². The Balaban J connectivity index is 1.69. The van der Waals surface area contributed by atoms with Crippen molar-refractivity contribution in [3.05, 3.63) is 35.9 Å². The van der Waals surface area contributed by atoms with E-state index in [2.05, 4.69) is 49.5 Å². The summed E-state index contributed by atoms with van der Waals surface area (Å²) in [6, 6.07) is 12.2. The molecule has 17 heavy (non-hydrogen) atoms. The normalized spacial score (nSPS) is 26.0. The molecule has 1 saturated carbocycles. The van der Waals surface area contributed by atoms with Gasteiger partial charge in [-0.2, -0.15) is 0 Å². The summed E-state index contributed by atoms with van der Waals surface area (Å²) in [5.74, 6) is 0.925. The Hall–Kier alpha value is -0.820. The van der Waals surface area contributed by atoms with E-state index >= 15 is 0 Å². The van der Waals surface area contributed by atoms with Crippen molar-refractivity contribution in [2.75, 3.05) is 0 Å². The number of aryl methyl sites for hydroxylation is 1. The molecule has 1 aliphatic rings. The Labute approximate surface area is 106 Å². The fraction of sp³-hybridized carbons (Fsp3) is 0.625. The van der Waals surface area contributed by atoms with Crippen LogP contribution in [0.2, 0.25) is 0 Å². The van der Waals surface area contributed by atoms with E-state index in [1.54, 1.807) is 0 Å². The van der Waals surface area contributed by atoms with E-state index in [0.29, 0.717) is 6.04 Å². The summed E-state index contributed by atoms with van der Waals surface area (Å²) in [4.78, 5) is 0. The van der Waals surface area contributed by atoms with Gasteiger partial charge in [0, 0.05) is 12.1 Å². The molecule has 1 N–H and O–H groups in total. The Morgan fingerprint density at radius 1 is 1.24 bits per heavy atom. The highest BCUT2D eigenvalue weighted by Gasteiger charge is 2.21. The topological polar surface area (TPSA) is 12.0 Å². The van der Waals surface area contributed by atoms with Crippen molar-refractivity contribution < 1.29 is 0 Å². The van der Waals surface area contributed by atoms with E-state index in [0.717, 1.165) is 12.0 Å². The van der Waals surface area contributed by atoms with E-state index < -0.39 is 0 Å². The second-order valence-electron chi connectivity index (χ2n) is 5.71. The SMILES string of the molecule is CC1CCC(NC(C)CCc2ccccc2)C1. The van der Waals surface area contributed by atoms with Crippen LogP contribution in [0, 0.1) is 5.92 Å². The first-order valence-corrected chi connectivity index (χ1v) is 7.04. The van der Waals surface area contributed by atoms with E-state index in [1.165, 1.54) is 37.7 Å². The van der Waals surface area contributed by atoms with Crippen LogP contribution in [0.5, 0.6) is 0 Å². The van der Waals surface area contributed by atoms with Crippen molar-refractivity contribution in [1.82, 2.24) is 5.32 Å². The van der Waals surface area contributed by atoms with Gasteiger partial charge in [0.1, 0.15) is 0 Å². The molecule has 0 spiro atoms. The zero-order valence-corrected chi connectivity index (χ0v) is 11.2. The molecule has 2 rings (SSSR count). The maximum absolute atomic E-state index is 3.78. The summed E-state index contributed by atoms with van der Waals surface area (Å²) >= 11 is 0. The molecule has 0 aromatic heterocycles. The molecule has 3 atom stereocenters. The molecule has 1 aromatic carbocycles. The molecule has 94 valence electrons. The van der Waals surface area contributed by atoms with E-state index in [-0.39, 0.29) is 0 Å². The van der Waals surface area contributed by atoms with Crippen LogP contribution in [0.1, 0.15) is 45.1 Å². The smallest absolute Gasteiger partial charge is 0.00721 e. The van der Waals surface area contributed by atoms with Crippen LogP contribution in [-0.2, 0) is 6.42 Å². The lowest BCUT2D eigenvalue weighted by Gasteiger charge is -2.19. The number of hydrogen-bond donors (Lipinski definition) is 1. The van der Waals surface area contributed by atoms with Crippen molar-refractivity contribution in [3.63, 3.8) is 0 Å². The van der Waals surface area contributed by atoms with Gasteiger partial charge < -0.3 is 5.32 Å². The minimum atomic E-state index is 0.644. The Morgan fingerprint density at radius 3 is 2.65 bits per heavy atom. The summed E-state index contributed by atoms with van der Waals surface area (Å²) in [6.07, 6.45) is 6.59. The predicted molar refractivity (Wildman–Crippen MR) is 74.2 cm³/mol. The molecule has 0 radical (unpaired) electrons. The number of hydrogen-bond acceptors (Lipinski definition) is 1. The molecule has 1 aromatic rings. The van der Waals surface area contributed by atoms with E-state index in [1.807, 2.05) is 0 Å². The summed E-state index contributed by atoms with van der Waals surface area (Å²) in [6.45, 7) is 4.70. The van der Waals surface area contributed by atoms with Gasteiger partial charge in [-0.15, -0.1) is 0 Å². The maximum Gasteiger partial charge on any atom is 0.00721 e. The zero-order valence-electron chi connectivity index (χ0n) is 11.2. The molecule has 1 fully saturated rings. The standard InChI is InChI=1S/C16H25N/c1-13-8-11-16(12-13)17-14(2)9-10-15-6-4-3-5-7-15/h3-7,13-14,16-17H,8-12H2,1-2H3. The highest BCUT2D eigenvalue weighted by Crippen LogP contribution is 2.25. The van der Waals surface area contributed by atoms with E-state index in [9.17, 15) is 0 Å². The number of rotatable bonds is 5. The minimum absolute atomic E-state index is 0.644. The van der Waals surface area contributed by atoms with Crippen molar-refractivity contribution in [3.8, 4) is 0 Å². The molecule has 0 bridgehead atoms. The van der Waals surface area contributed by atoms with Crippen LogP contribution >= 0.6 is 0 Å². The van der Waals surface area contributed by atoms with Crippen LogP contribution in [0.4, 0.5) is 0 Å². The lowest BCUT2D eigenvalue weighted by atomic mass is 10.1. The molecule has 3 unspecified atom stereocenters. The highest BCUT2D eigenvalue weighted by molar-refractivity contribution is 5.14. The molecular weight excluding hydrogens is 206 g/mol. The third kappa shape index (κ3) is 4.16. The average molecular weight is 231 g/mol. The summed E-state index contributed by atoms with van der Waals surface area (Å²) in [5.41, 5.74) is 1.46. The molecule has 0 aliphatic heterocycles. The summed E-state index contributed by atoms with van der Waals surface area (Å²) in [5, 5.41) is 3.78. The largest absolute Gasteiger partial charge is 0.311 e. The summed E-state index contributed by atoms with van der Waals surface area (Å²) in [7, 11) is 0. The van der Waals surface area contributed by atoms with Gasteiger partial charge in [0.2, 0.25) is 0 Å². The first-order chi connectivity index (χ1) is 8.24. The molecular formula is C16H25N. The quantitative estimate of drug-likeness (QED) is 0.813. The van der Waals surface area contributed by atoms with E-state index in [4.69, 9.17) is 0 Å². The van der Waals surface area contributed by atoms with Gasteiger partial charge in [0.25, 0.3) is 0 Å². The van der Waals surface area contributed by atoms with Crippen LogP contribution < -0.4 is 5.32 Å². The zero-order chi connectivity index (χ0) is 12.1. The monoisotopic (exact) mass is 231 g/mol. The lowest BCUT2D eigenvalue weighted by molar-refractivity contribution is 0.423. The van der Waals surface area contributed by atoms with Crippen molar-refractivity contribution in [2.45, 2.75) is 58.0 Å². The number of nitrogens with one attached hydrogen (secondary N) is 1. The fourth-order valence-corrected chi connectivity index (χ4v) is 2.87. The molecule has 1 heteroatoms. The first kappa shape index (κ1) is 12.6. The van der Waals surface area contributed by atoms with Crippen molar-refractivity contribution in [1.29, 1.82) is 0 Å². The van der Waals surface area contributed by atoms with Gasteiger partial charge in [-0.3, -0.25) is 0 Å². The van der Waals surface area contributed by atoms with Crippen LogP contribution in [0.15, 0.2) is 30.3 Å². The number of benzene rings is 1. The van der Waals surface area contributed by atoms with Crippen LogP contribution in [0.25, 0.3) is 0 Å². The third-order valence-electron chi connectivity index (χ3n) is 3.92. The van der Waals surface area contributed by atoms with Crippen LogP contribution in [0.3, 0.4) is 0 Å². The second kappa shape index (κ2) is 6.20. The fourth-order valence-electron chi connectivity index (χ4n) is 2.87. The maximum atomic E-state index is 3.78. The molecule has 0 saturated heterocycles. The van der Waals surface area contributed by atoms with Gasteiger partial charge in [-0.1, -0.05) is 37.3 Å². The Morgan fingerprint density at radius 2 is 2.00 bits per heavy atom. The average Bonchev–Trinajstić information content (AvgIpc) is 2.73. The van der Waals surface area contributed by atoms with Crippen molar-refractivity contribution >= 4 is 0 Å². The van der Waals surface area contributed by atoms with Crippen LogP contribution in [-0.4, -0.2) is 12.1 Å². The molecule has 1 nitrogen and oxygen atoms in total. The second-order valence-corrected chi connectivity index (χ2v) is 5.71. The third-order valence-corrected chi connectivity index (χ3v) is 3.92. The Kier molecular flexibility index (Phi) is 4.61. The highest BCUT2D eigenvalue weighted by atomic mass is 14.9. The van der Waals surface area contributed by atoms with Gasteiger partial charge in [0.15, 0.2) is 0 Å².